The van der Waals surface area contributed by atoms with E-state index in [9.17, 15) is 0 Å². The minimum absolute atomic E-state index is 0.0409. The third kappa shape index (κ3) is 10.9. The molecule has 6 fully saturated rings. The summed E-state index contributed by atoms with van der Waals surface area (Å²) in [4.78, 5) is 15.1. The Morgan fingerprint density at radius 2 is 0.871 bits per heavy atom. The van der Waals surface area contributed by atoms with E-state index in [1.54, 1.807) is 7.11 Å². The summed E-state index contributed by atoms with van der Waals surface area (Å²) in [5.41, 5.74) is 0.867. The Balaban J connectivity index is 1.10. The van der Waals surface area contributed by atoms with Crippen molar-refractivity contribution in [2.24, 2.45) is 71.0 Å². The average Bonchev–Trinajstić information content (AvgIpc) is 3.23. The summed E-state index contributed by atoms with van der Waals surface area (Å²) in [5, 5.41) is 0. The number of hydrogen-bond acceptors (Lipinski definition) is 8. The van der Waals surface area contributed by atoms with Crippen LogP contribution >= 0.6 is 17.2 Å². The van der Waals surface area contributed by atoms with Gasteiger partial charge in [-0.05, 0) is 185 Å². The van der Waals surface area contributed by atoms with Crippen molar-refractivity contribution in [1.29, 1.82) is 0 Å². The van der Waals surface area contributed by atoms with E-state index < -0.39 is 17.2 Å². The lowest BCUT2D eigenvalue weighted by molar-refractivity contribution is -0.0277. The Morgan fingerprint density at radius 1 is 0.500 bits per heavy atom. The number of methoxy groups -OCH3 is 1. The fourth-order valence-corrected chi connectivity index (χ4v) is 15.5. The van der Waals surface area contributed by atoms with Crippen molar-refractivity contribution in [2.45, 2.75) is 170 Å². The summed E-state index contributed by atoms with van der Waals surface area (Å²) in [6.07, 6.45) is 16.6. The molecule has 6 aliphatic rings. The SMILES string of the molecule is COc1ccc(C(=O)c2ccccc2OP2O[C@@H]3C[C@@H](CCC3C(C)C)C[C@@H]3CC[C@@H](C(C)C)[C@@H](C3)O2)c(OP2O[C@@H]3C[C@@H](CCC3C(C)C)C[C@@H]3CC[C@@H](C(C)C)[C@@H](C3)O2)c1. The molecule has 0 aromatic heterocycles. The largest absolute Gasteiger partial charge is 0.497 e. The normalized spacial score (nSPS) is 36.6. The Kier molecular flexibility index (Phi) is 15.7. The molecule has 8 bridgehead atoms. The van der Waals surface area contributed by atoms with E-state index >= 15 is 4.79 Å². The van der Waals surface area contributed by atoms with Gasteiger partial charge in [-0.15, -0.1) is 0 Å². The van der Waals surface area contributed by atoms with Gasteiger partial charge in [0.2, 0.25) is 5.78 Å². The molecule has 2 aromatic carbocycles. The summed E-state index contributed by atoms with van der Waals surface area (Å²) in [7, 11) is -2.01. The molecule has 0 N–H and O–H groups in total. The minimum atomic E-state index is -1.85. The molecule has 62 heavy (non-hydrogen) atoms. The van der Waals surface area contributed by atoms with Gasteiger partial charge in [-0.2, -0.15) is 0 Å². The lowest BCUT2D eigenvalue weighted by Crippen LogP contribution is -2.40. The zero-order chi connectivity index (χ0) is 43.7. The van der Waals surface area contributed by atoms with Gasteiger partial charge in [0.05, 0.1) is 42.7 Å². The van der Waals surface area contributed by atoms with Gasteiger partial charge in [-0.3, -0.25) is 22.9 Å². The van der Waals surface area contributed by atoms with Crippen LogP contribution in [0.4, 0.5) is 0 Å². The van der Waals surface area contributed by atoms with Gasteiger partial charge in [-0.1, -0.05) is 67.5 Å². The highest BCUT2D eigenvalue weighted by atomic mass is 31.2. The molecular weight excluding hydrogens is 815 g/mol. The molecule has 8 rings (SSSR count). The van der Waals surface area contributed by atoms with Crippen LogP contribution in [0.1, 0.15) is 161 Å². The second-order valence-corrected chi connectivity index (χ2v) is 23.8. The van der Waals surface area contributed by atoms with Crippen LogP contribution in [-0.4, -0.2) is 37.3 Å². The van der Waals surface area contributed by atoms with E-state index in [1.807, 2.05) is 42.5 Å². The highest BCUT2D eigenvalue weighted by Gasteiger charge is 2.45. The van der Waals surface area contributed by atoms with Gasteiger partial charge in [0.25, 0.3) is 0 Å². The summed E-state index contributed by atoms with van der Waals surface area (Å²) < 4.78 is 48.1. The average molecular weight is 893 g/mol. The van der Waals surface area contributed by atoms with Gasteiger partial charge in [-0.25, -0.2) is 0 Å². The molecule has 4 aliphatic carbocycles. The Morgan fingerprint density at radius 3 is 1.26 bits per heavy atom. The molecule has 4 unspecified atom stereocenters. The maximum atomic E-state index is 15.1. The van der Waals surface area contributed by atoms with E-state index in [-0.39, 0.29) is 30.2 Å². The van der Waals surface area contributed by atoms with Gasteiger partial charge >= 0.3 is 17.2 Å². The van der Waals surface area contributed by atoms with Gasteiger partial charge in [0.15, 0.2) is 0 Å². The van der Waals surface area contributed by atoms with E-state index in [2.05, 4.69) is 55.4 Å². The zero-order valence-corrected chi connectivity index (χ0v) is 41.1. The van der Waals surface area contributed by atoms with E-state index in [1.165, 1.54) is 51.4 Å². The molecule has 0 radical (unpaired) electrons. The van der Waals surface area contributed by atoms with Crippen molar-refractivity contribution >= 4 is 23.0 Å². The van der Waals surface area contributed by atoms with Crippen molar-refractivity contribution in [3.8, 4) is 17.2 Å². The van der Waals surface area contributed by atoms with Crippen molar-refractivity contribution in [3.05, 3.63) is 53.6 Å². The van der Waals surface area contributed by atoms with Crippen LogP contribution in [0.25, 0.3) is 0 Å². The van der Waals surface area contributed by atoms with Gasteiger partial charge in [0.1, 0.15) is 17.2 Å². The molecule has 4 saturated carbocycles. The second-order valence-electron chi connectivity index (χ2n) is 21.7. The summed E-state index contributed by atoms with van der Waals surface area (Å²) in [6, 6.07) is 13.1. The maximum Gasteiger partial charge on any atom is 0.397 e. The summed E-state index contributed by atoms with van der Waals surface area (Å²) in [5.74, 6) is 7.66. The Bertz CT molecular complexity index is 1720. The zero-order valence-electron chi connectivity index (χ0n) is 39.3. The number of ketones is 1. The summed E-state index contributed by atoms with van der Waals surface area (Å²) >= 11 is 0. The number of ether oxygens (including phenoxy) is 1. The van der Waals surface area contributed by atoms with E-state index in [4.69, 9.17) is 31.9 Å². The third-order valence-corrected chi connectivity index (χ3v) is 18.8. The molecule has 2 saturated heterocycles. The number of carbonyl (C=O) groups is 1. The van der Waals surface area contributed by atoms with Crippen LogP contribution < -0.4 is 13.8 Å². The molecular formula is C52H78O8P2. The van der Waals surface area contributed by atoms with Crippen molar-refractivity contribution < 1.29 is 36.7 Å². The lowest BCUT2D eigenvalue weighted by Gasteiger charge is -2.45. The van der Waals surface area contributed by atoms with Crippen LogP contribution in [0.15, 0.2) is 42.5 Å². The first-order chi connectivity index (χ1) is 29.8. The van der Waals surface area contributed by atoms with Crippen molar-refractivity contribution in [1.82, 2.24) is 0 Å². The highest BCUT2D eigenvalue weighted by molar-refractivity contribution is 7.42. The van der Waals surface area contributed by atoms with Crippen LogP contribution in [0.5, 0.6) is 17.2 Å². The molecule has 344 valence electrons. The number of hydrogen-bond donors (Lipinski definition) is 0. The molecule has 10 heteroatoms. The number of fused-ring (bicyclic) bond motifs is 8. The van der Waals surface area contributed by atoms with Crippen molar-refractivity contribution in [3.63, 3.8) is 0 Å². The maximum absolute atomic E-state index is 15.1. The predicted octanol–water partition coefficient (Wildman–Crippen LogP) is 14.8. The van der Waals surface area contributed by atoms with Crippen molar-refractivity contribution in [2.75, 3.05) is 7.11 Å². The Hall–Kier alpha value is -1.79. The number of para-hydroxylation sites is 1. The standard InChI is InChI=1S/C52H78O8P2/c1-31(2)40-19-14-35-24-36-15-20-41(32(3)4)48(27-36)57-61(56-47(40)26-35)55-46-13-11-10-12-44(46)52(53)45-23-18-39(54-9)30-51(45)60-62-58-49-28-37(16-21-42(49)33(5)6)25-38-17-22-43(34(7)8)50(29-38)59-62/h10-13,18,23,30-38,40-43,47-50H,14-17,19-22,24-29H2,1-9H3/t35-,36-,37-,38-,40-,41?,42-,43?,47+,48+,49+,50+,61?,62?/m0/s1. The third-order valence-electron chi connectivity index (χ3n) is 16.4. The minimum Gasteiger partial charge on any atom is -0.497 e. The smallest absolute Gasteiger partial charge is 0.397 e. The fourth-order valence-electron chi connectivity index (χ4n) is 12.8. The molecule has 2 aliphatic heterocycles. The topological polar surface area (TPSA) is 81.7 Å². The van der Waals surface area contributed by atoms with Gasteiger partial charge in [0, 0.05) is 6.07 Å². The number of benzene rings is 2. The molecule has 8 nitrogen and oxygen atoms in total. The molecule has 2 aromatic rings. The van der Waals surface area contributed by atoms with Crippen LogP contribution in [-0.2, 0) is 18.1 Å². The number of carbonyl (C=O) groups excluding carboxylic acids is 1. The van der Waals surface area contributed by atoms with Crippen LogP contribution in [0.3, 0.4) is 0 Å². The first-order valence-corrected chi connectivity index (χ1v) is 27.0. The first-order valence-electron chi connectivity index (χ1n) is 24.8. The highest BCUT2D eigenvalue weighted by Crippen LogP contribution is 2.57. The monoisotopic (exact) mass is 893 g/mol. The van der Waals surface area contributed by atoms with Crippen LogP contribution in [0.2, 0.25) is 0 Å². The van der Waals surface area contributed by atoms with Gasteiger partial charge < -0.3 is 13.8 Å². The Labute approximate surface area is 377 Å². The second kappa shape index (κ2) is 20.8. The molecule has 14 atom stereocenters. The first kappa shape index (κ1) is 46.7. The quantitative estimate of drug-likeness (QED) is 0.163. The van der Waals surface area contributed by atoms with E-state index in [0.717, 1.165) is 38.5 Å². The molecule has 2 heterocycles. The lowest BCUT2D eigenvalue weighted by atomic mass is 9.68. The number of rotatable bonds is 11. The molecule has 0 spiro atoms. The van der Waals surface area contributed by atoms with Crippen LogP contribution in [0, 0.1) is 71.0 Å². The predicted molar refractivity (Wildman–Crippen MR) is 249 cm³/mol. The summed E-state index contributed by atoms with van der Waals surface area (Å²) in [6.45, 7) is 18.6. The fraction of sp³-hybridized carbons (Fsp3) is 0.750. The van der Waals surface area contributed by atoms with E-state index in [0.29, 0.717) is 99.4 Å². The molecule has 0 amide bonds.